The molecule has 28 heavy (non-hydrogen) atoms. The fraction of sp³-hybridized carbons (Fsp3) is 1.00. The SMILES string of the molecule is COCC(CCC(C)C)(C(C)C)C(OC)C(OC)C(COC)(C(C)C)C(C)C. The third-order valence-corrected chi connectivity index (χ3v) is 7.17. The van der Waals surface area contributed by atoms with Gasteiger partial charge in [0.05, 0.1) is 25.4 Å². The Labute approximate surface area is 176 Å². The highest BCUT2D eigenvalue weighted by molar-refractivity contribution is 5.03. The first-order chi connectivity index (χ1) is 13.0. The van der Waals surface area contributed by atoms with E-state index in [1.807, 2.05) is 14.2 Å². The maximum absolute atomic E-state index is 6.31. The zero-order valence-corrected chi connectivity index (χ0v) is 20.9. The minimum absolute atomic E-state index is 0.0869. The van der Waals surface area contributed by atoms with E-state index in [4.69, 9.17) is 18.9 Å². The fourth-order valence-corrected chi connectivity index (χ4v) is 5.18. The van der Waals surface area contributed by atoms with E-state index in [-0.39, 0.29) is 23.0 Å². The van der Waals surface area contributed by atoms with Crippen LogP contribution in [0.3, 0.4) is 0 Å². The molecule has 0 aliphatic heterocycles. The van der Waals surface area contributed by atoms with Crippen molar-refractivity contribution in [3.8, 4) is 0 Å². The summed E-state index contributed by atoms with van der Waals surface area (Å²) in [6.07, 6.45) is 2.00. The largest absolute Gasteiger partial charge is 0.384 e. The fourth-order valence-electron chi connectivity index (χ4n) is 5.18. The van der Waals surface area contributed by atoms with E-state index >= 15 is 0 Å². The van der Waals surface area contributed by atoms with Gasteiger partial charge in [0.2, 0.25) is 0 Å². The second-order valence-corrected chi connectivity index (χ2v) is 9.92. The van der Waals surface area contributed by atoms with Crippen LogP contribution in [0.5, 0.6) is 0 Å². The molecule has 0 amide bonds. The zero-order valence-electron chi connectivity index (χ0n) is 20.9. The second-order valence-electron chi connectivity index (χ2n) is 9.92. The van der Waals surface area contributed by atoms with Gasteiger partial charge in [0.1, 0.15) is 0 Å². The average Bonchev–Trinajstić information content (AvgIpc) is 2.60. The van der Waals surface area contributed by atoms with Gasteiger partial charge in [0, 0.05) is 39.3 Å². The van der Waals surface area contributed by atoms with Crippen LogP contribution in [-0.4, -0.2) is 53.9 Å². The predicted molar refractivity (Wildman–Crippen MR) is 119 cm³/mol. The molecule has 0 bridgehead atoms. The van der Waals surface area contributed by atoms with Crippen molar-refractivity contribution in [3.63, 3.8) is 0 Å². The summed E-state index contributed by atoms with van der Waals surface area (Å²) in [5.41, 5.74) is -0.285. The smallest absolute Gasteiger partial charge is 0.0922 e. The van der Waals surface area contributed by atoms with Crippen molar-refractivity contribution >= 4 is 0 Å². The van der Waals surface area contributed by atoms with Gasteiger partial charge in [-0.25, -0.2) is 0 Å². The molecule has 4 nitrogen and oxygen atoms in total. The van der Waals surface area contributed by atoms with Crippen molar-refractivity contribution in [2.75, 3.05) is 41.7 Å². The Morgan fingerprint density at radius 1 is 0.607 bits per heavy atom. The number of rotatable bonds is 15. The lowest BCUT2D eigenvalue weighted by molar-refractivity contribution is -0.210. The molecular formula is C24H50O4. The summed E-state index contributed by atoms with van der Waals surface area (Å²) < 4.78 is 24.2. The molecule has 0 aromatic rings. The minimum Gasteiger partial charge on any atom is -0.384 e. The Balaban J connectivity index is 6.51. The zero-order chi connectivity index (χ0) is 22.1. The first-order valence-electron chi connectivity index (χ1n) is 11.0. The third-order valence-electron chi connectivity index (χ3n) is 7.17. The highest BCUT2D eigenvalue weighted by Gasteiger charge is 2.55. The molecule has 0 spiro atoms. The van der Waals surface area contributed by atoms with E-state index in [1.54, 1.807) is 14.2 Å². The van der Waals surface area contributed by atoms with Gasteiger partial charge < -0.3 is 18.9 Å². The summed E-state index contributed by atoms with van der Waals surface area (Å²) >= 11 is 0. The highest BCUT2D eigenvalue weighted by atomic mass is 16.5. The molecule has 3 atom stereocenters. The van der Waals surface area contributed by atoms with Crippen LogP contribution in [0.15, 0.2) is 0 Å². The van der Waals surface area contributed by atoms with Crippen LogP contribution < -0.4 is 0 Å². The van der Waals surface area contributed by atoms with E-state index in [2.05, 4.69) is 55.4 Å². The van der Waals surface area contributed by atoms with Crippen LogP contribution in [0.25, 0.3) is 0 Å². The van der Waals surface area contributed by atoms with Gasteiger partial charge in [-0.1, -0.05) is 61.8 Å². The summed E-state index contributed by atoms with van der Waals surface area (Å²) in [4.78, 5) is 0. The molecule has 4 heteroatoms. The standard InChI is InChI=1S/C24H50O4/c1-17(2)13-14-23(15-25-9,18(3)4)21(27-11)22(28-12)24(16-26-10,19(5)6)20(7)8/h17-22H,13-16H2,1-12H3. The molecule has 0 heterocycles. The molecule has 3 unspecified atom stereocenters. The minimum atomic E-state index is -0.157. The summed E-state index contributed by atoms with van der Waals surface area (Å²) in [7, 11) is 7.25. The van der Waals surface area contributed by atoms with E-state index in [9.17, 15) is 0 Å². The van der Waals surface area contributed by atoms with Crippen molar-refractivity contribution < 1.29 is 18.9 Å². The second kappa shape index (κ2) is 12.5. The Morgan fingerprint density at radius 2 is 1.07 bits per heavy atom. The van der Waals surface area contributed by atoms with E-state index in [0.29, 0.717) is 36.9 Å². The molecule has 0 radical (unpaired) electrons. The van der Waals surface area contributed by atoms with Crippen molar-refractivity contribution in [1.29, 1.82) is 0 Å². The summed E-state index contributed by atoms with van der Waals surface area (Å²) in [6, 6.07) is 0. The molecule has 0 aromatic heterocycles. The molecule has 0 saturated heterocycles. The van der Waals surface area contributed by atoms with Crippen molar-refractivity contribution in [3.05, 3.63) is 0 Å². The summed E-state index contributed by atoms with van der Waals surface area (Å²) in [6.45, 7) is 19.6. The molecule has 0 aromatic carbocycles. The quantitative estimate of drug-likeness (QED) is 0.353. The number of ether oxygens (including phenoxy) is 4. The van der Waals surface area contributed by atoms with Gasteiger partial charge in [0.25, 0.3) is 0 Å². The van der Waals surface area contributed by atoms with Gasteiger partial charge in [-0.3, -0.25) is 0 Å². The molecule has 0 rings (SSSR count). The lowest BCUT2D eigenvalue weighted by atomic mass is 9.58. The van der Waals surface area contributed by atoms with Gasteiger partial charge in [-0.15, -0.1) is 0 Å². The first kappa shape index (κ1) is 27.8. The van der Waals surface area contributed by atoms with Crippen LogP contribution in [0.4, 0.5) is 0 Å². The van der Waals surface area contributed by atoms with E-state index < -0.39 is 0 Å². The third kappa shape index (κ3) is 5.93. The van der Waals surface area contributed by atoms with Crippen LogP contribution in [0.1, 0.15) is 68.2 Å². The van der Waals surface area contributed by atoms with Gasteiger partial charge in [-0.05, 0) is 30.1 Å². The first-order valence-corrected chi connectivity index (χ1v) is 11.0. The van der Waals surface area contributed by atoms with E-state index in [1.165, 1.54) is 0 Å². The highest BCUT2D eigenvalue weighted by Crippen LogP contribution is 2.49. The van der Waals surface area contributed by atoms with Crippen LogP contribution in [0.2, 0.25) is 0 Å². The van der Waals surface area contributed by atoms with E-state index in [0.717, 1.165) is 12.8 Å². The molecule has 170 valence electrons. The molecule has 0 aliphatic rings. The average molecular weight is 403 g/mol. The van der Waals surface area contributed by atoms with Crippen LogP contribution >= 0.6 is 0 Å². The van der Waals surface area contributed by atoms with Crippen molar-refractivity contribution in [1.82, 2.24) is 0 Å². The molecule has 0 saturated carbocycles. The van der Waals surface area contributed by atoms with Crippen molar-refractivity contribution in [2.24, 2.45) is 34.5 Å². The molecule has 0 N–H and O–H groups in total. The normalized spacial score (nSPS) is 17.6. The van der Waals surface area contributed by atoms with Gasteiger partial charge >= 0.3 is 0 Å². The van der Waals surface area contributed by atoms with Crippen LogP contribution in [-0.2, 0) is 18.9 Å². The number of methoxy groups -OCH3 is 4. The Kier molecular flexibility index (Phi) is 12.4. The Hall–Kier alpha value is -0.160. The summed E-state index contributed by atoms with van der Waals surface area (Å²) in [5.74, 6) is 1.79. The Morgan fingerprint density at radius 3 is 1.36 bits per heavy atom. The van der Waals surface area contributed by atoms with Gasteiger partial charge in [0.15, 0.2) is 0 Å². The van der Waals surface area contributed by atoms with Gasteiger partial charge in [-0.2, -0.15) is 0 Å². The lowest BCUT2D eigenvalue weighted by Crippen LogP contribution is -2.61. The molecule has 0 aliphatic carbocycles. The lowest BCUT2D eigenvalue weighted by Gasteiger charge is -2.54. The maximum Gasteiger partial charge on any atom is 0.0922 e. The maximum atomic E-state index is 6.31. The van der Waals surface area contributed by atoms with Crippen LogP contribution in [0, 0.1) is 34.5 Å². The Bertz CT molecular complexity index is 397. The number of hydrogen-bond donors (Lipinski definition) is 0. The predicted octanol–water partition coefficient (Wildman–Crippen LogP) is 5.69. The monoisotopic (exact) mass is 402 g/mol. The summed E-state index contributed by atoms with van der Waals surface area (Å²) in [5, 5.41) is 0. The molecular weight excluding hydrogens is 352 g/mol. The van der Waals surface area contributed by atoms with Crippen molar-refractivity contribution in [2.45, 2.75) is 80.4 Å². The number of hydrogen-bond acceptors (Lipinski definition) is 4. The molecule has 0 fully saturated rings. The topological polar surface area (TPSA) is 36.9 Å².